The van der Waals surface area contributed by atoms with Crippen LogP contribution in [-0.2, 0) is 26.8 Å². The van der Waals surface area contributed by atoms with E-state index in [1.807, 2.05) is 24.3 Å². The lowest BCUT2D eigenvalue weighted by molar-refractivity contribution is -0.116. The molecule has 1 aromatic carbocycles. The molecular formula is C19H22N2O4S. The minimum Gasteiger partial charge on any atom is -0.481 e. The predicted molar refractivity (Wildman–Crippen MR) is 100 cm³/mol. The molecule has 1 aliphatic heterocycles. The Balaban J connectivity index is 1.74. The number of hydrogen-bond donors (Lipinski definition) is 0. The second kappa shape index (κ2) is 7.45. The summed E-state index contributed by atoms with van der Waals surface area (Å²) in [6.07, 6.45) is 3.22. The van der Waals surface area contributed by atoms with Gasteiger partial charge in [0.05, 0.1) is 12.9 Å². The van der Waals surface area contributed by atoms with Crippen LogP contribution in [0.3, 0.4) is 0 Å². The van der Waals surface area contributed by atoms with Crippen LogP contribution in [0.5, 0.6) is 5.88 Å². The van der Waals surface area contributed by atoms with E-state index in [0.29, 0.717) is 18.0 Å². The molecule has 0 saturated heterocycles. The first-order valence-electron chi connectivity index (χ1n) is 8.48. The van der Waals surface area contributed by atoms with Gasteiger partial charge in [0, 0.05) is 24.0 Å². The molecule has 1 aromatic heterocycles. The number of aryl methyl sites for hydroxylation is 2. The molecule has 2 heterocycles. The summed E-state index contributed by atoms with van der Waals surface area (Å²) in [6, 6.07) is 9.38. The predicted octanol–water partition coefficient (Wildman–Crippen LogP) is 2.29. The van der Waals surface area contributed by atoms with Gasteiger partial charge in [-0.15, -0.1) is 0 Å². The number of pyridine rings is 1. The smallest absolute Gasteiger partial charge is 0.242 e. The number of anilines is 1. The van der Waals surface area contributed by atoms with Crippen molar-refractivity contribution in [1.29, 1.82) is 0 Å². The molecule has 6 nitrogen and oxygen atoms in total. The van der Waals surface area contributed by atoms with Crippen molar-refractivity contribution in [1.82, 2.24) is 4.98 Å². The zero-order valence-electron chi connectivity index (χ0n) is 14.9. The number of fused-ring (bicyclic) bond motifs is 1. The molecule has 1 amide bonds. The largest absolute Gasteiger partial charge is 0.481 e. The van der Waals surface area contributed by atoms with Gasteiger partial charge >= 0.3 is 0 Å². The van der Waals surface area contributed by atoms with Crippen molar-refractivity contribution in [2.45, 2.75) is 25.5 Å². The number of methoxy groups -OCH3 is 1. The van der Waals surface area contributed by atoms with Crippen molar-refractivity contribution in [3.05, 3.63) is 53.2 Å². The summed E-state index contributed by atoms with van der Waals surface area (Å²) in [7, 11) is -2.08. The van der Waals surface area contributed by atoms with Crippen LogP contribution in [0.25, 0.3) is 0 Å². The van der Waals surface area contributed by atoms with Crippen LogP contribution >= 0.6 is 0 Å². The quantitative estimate of drug-likeness (QED) is 0.803. The molecule has 26 heavy (non-hydrogen) atoms. The highest BCUT2D eigenvalue weighted by Gasteiger charge is 2.26. The Morgan fingerprint density at radius 2 is 2.08 bits per heavy atom. The molecule has 1 aliphatic rings. The number of carbonyl (C=O) groups excluding carboxylic acids is 1. The van der Waals surface area contributed by atoms with E-state index in [-0.39, 0.29) is 11.7 Å². The third kappa shape index (κ3) is 4.04. The molecule has 3 rings (SSSR count). The van der Waals surface area contributed by atoms with Gasteiger partial charge in [-0.25, -0.2) is 13.4 Å². The highest BCUT2D eigenvalue weighted by molar-refractivity contribution is 7.91. The maximum Gasteiger partial charge on any atom is 0.242 e. The Kier molecular flexibility index (Phi) is 5.27. The SMILES string of the molecule is COc1ncc(CS(=O)(=O)CC(=O)N2CCCc3ccccc32)cc1C. The van der Waals surface area contributed by atoms with Crippen LogP contribution in [-0.4, -0.2) is 38.7 Å². The van der Waals surface area contributed by atoms with E-state index in [1.165, 1.54) is 13.3 Å². The van der Waals surface area contributed by atoms with Gasteiger partial charge in [-0.05, 0) is 43.0 Å². The number of nitrogens with zero attached hydrogens (tertiary/aromatic N) is 2. The minimum absolute atomic E-state index is 0.216. The number of amides is 1. The standard InChI is InChI=1S/C19H22N2O4S/c1-14-10-15(11-20-19(14)25-2)12-26(23,24)13-18(22)21-9-5-7-16-6-3-4-8-17(16)21/h3-4,6,8,10-11H,5,7,9,12-13H2,1-2H3. The van der Waals surface area contributed by atoms with Gasteiger partial charge < -0.3 is 9.64 Å². The number of para-hydroxylation sites is 1. The first kappa shape index (κ1) is 18.4. The molecule has 2 aromatic rings. The molecule has 0 bridgehead atoms. The van der Waals surface area contributed by atoms with Crippen LogP contribution in [0.4, 0.5) is 5.69 Å². The van der Waals surface area contributed by atoms with E-state index in [1.54, 1.807) is 17.9 Å². The van der Waals surface area contributed by atoms with Crippen LogP contribution in [0.2, 0.25) is 0 Å². The topological polar surface area (TPSA) is 76.6 Å². The third-order valence-corrected chi connectivity index (χ3v) is 5.88. The summed E-state index contributed by atoms with van der Waals surface area (Å²) < 4.78 is 30.1. The second-order valence-electron chi connectivity index (χ2n) is 6.48. The van der Waals surface area contributed by atoms with Gasteiger partial charge in [-0.1, -0.05) is 18.2 Å². The molecule has 138 valence electrons. The first-order chi connectivity index (χ1) is 12.4. The number of aromatic nitrogens is 1. The summed E-state index contributed by atoms with van der Waals surface area (Å²) in [6.45, 7) is 2.35. The normalized spacial score (nSPS) is 14.0. The number of sulfone groups is 1. The zero-order valence-corrected chi connectivity index (χ0v) is 15.8. The molecular weight excluding hydrogens is 352 g/mol. The van der Waals surface area contributed by atoms with Crippen molar-refractivity contribution in [2.24, 2.45) is 0 Å². The number of benzene rings is 1. The maximum atomic E-state index is 12.6. The van der Waals surface area contributed by atoms with Gasteiger partial charge in [0.2, 0.25) is 11.8 Å². The number of carbonyl (C=O) groups is 1. The van der Waals surface area contributed by atoms with Gasteiger partial charge in [-0.3, -0.25) is 4.79 Å². The van der Waals surface area contributed by atoms with Crippen LogP contribution in [0.15, 0.2) is 36.5 Å². The zero-order chi connectivity index (χ0) is 18.7. The van der Waals surface area contributed by atoms with Gasteiger partial charge in [0.25, 0.3) is 0 Å². The molecule has 0 N–H and O–H groups in total. The van der Waals surface area contributed by atoms with E-state index in [9.17, 15) is 13.2 Å². The Morgan fingerprint density at radius 1 is 1.31 bits per heavy atom. The van der Waals surface area contributed by atoms with Crippen LogP contribution < -0.4 is 9.64 Å². The first-order valence-corrected chi connectivity index (χ1v) is 10.3. The molecule has 0 saturated carbocycles. The van der Waals surface area contributed by atoms with E-state index in [0.717, 1.165) is 29.7 Å². The fraction of sp³-hybridized carbons (Fsp3) is 0.368. The molecule has 0 fully saturated rings. The van der Waals surface area contributed by atoms with Crippen molar-refractivity contribution < 1.29 is 17.9 Å². The summed E-state index contributed by atoms with van der Waals surface area (Å²) >= 11 is 0. The number of rotatable bonds is 5. The molecule has 0 unspecified atom stereocenters. The Hall–Kier alpha value is -2.41. The summed E-state index contributed by atoms with van der Waals surface area (Å²) in [5.41, 5.74) is 3.21. The van der Waals surface area contributed by atoms with Crippen molar-refractivity contribution in [3.8, 4) is 5.88 Å². The number of hydrogen-bond acceptors (Lipinski definition) is 5. The Morgan fingerprint density at radius 3 is 2.81 bits per heavy atom. The molecule has 0 spiro atoms. The van der Waals surface area contributed by atoms with Crippen LogP contribution in [0.1, 0.15) is 23.1 Å². The maximum absolute atomic E-state index is 12.6. The average molecular weight is 374 g/mol. The highest BCUT2D eigenvalue weighted by atomic mass is 32.2. The fourth-order valence-electron chi connectivity index (χ4n) is 3.28. The summed E-state index contributed by atoms with van der Waals surface area (Å²) in [5, 5.41) is 0. The Bertz CT molecular complexity index is 925. The van der Waals surface area contributed by atoms with Crippen molar-refractivity contribution in [3.63, 3.8) is 0 Å². The summed E-state index contributed by atoms with van der Waals surface area (Å²) in [5.74, 6) is -0.638. The van der Waals surface area contributed by atoms with E-state index >= 15 is 0 Å². The monoisotopic (exact) mass is 374 g/mol. The van der Waals surface area contributed by atoms with Crippen molar-refractivity contribution >= 4 is 21.4 Å². The average Bonchev–Trinajstić information content (AvgIpc) is 2.60. The molecule has 7 heteroatoms. The minimum atomic E-state index is -3.59. The van der Waals surface area contributed by atoms with E-state index < -0.39 is 15.6 Å². The second-order valence-corrected chi connectivity index (χ2v) is 8.54. The molecule has 0 aliphatic carbocycles. The Labute approximate surface area is 153 Å². The van der Waals surface area contributed by atoms with Crippen molar-refractivity contribution in [2.75, 3.05) is 24.3 Å². The van der Waals surface area contributed by atoms with Gasteiger partial charge in [-0.2, -0.15) is 0 Å². The molecule has 0 radical (unpaired) electrons. The lowest BCUT2D eigenvalue weighted by Gasteiger charge is -2.29. The summed E-state index contributed by atoms with van der Waals surface area (Å²) in [4.78, 5) is 18.3. The lowest BCUT2D eigenvalue weighted by atomic mass is 10.0. The highest BCUT2D eigenvalue weighted by Crippen LogP contribution is 2.27. The van der Waals surface area contributed by atoms with Gasteiger partial charge in [0.15, 0.2) is 9.84 Å². The third-order valence-electron chi connectivity index (χ3n) is 4.42. The lowest BCUT2D eigenvalue weighted by Crippen LogP contribution is -2.39. The van der Waals surface area contributed by atoms with E-state index in [2.05, 4.69) is 4.98 Å². The number of ether oxygens (including phenoxy) is 1. The van der Waals surface area contributed by atoms with Crippen LogP contribution in [0, 0.1) is 6.92 Å². The van der Waals surface area contributed by atoms with Gasteiger partial charge in [0.1, 0.15) is 5.75 Å². The fourth-order valence-corrected chi connectivity index (χ4v) is 4.58. The van der Waals surface area contributed by atoms with E-state index in [4.69, 9.17) is 4.74 Å². The molecule has 0 atom stereocenters.